The molecule has 0 amide bonds. The molecule has 1 aromatic heterocycles. The molecule has 21 heavy (non-hydrogen) atoms. The lowest BCUT2D eigenvalue weighted by Gasteiger charge is -2.25. The van der Waals surface area contributed by atoms with E-state index in [-0.39, 0.29) is 23.6 Å². The molecule has 1 fully saturated rings. The Hall–Kier alpha value is -1.18. The van der Waals surface area contributed by atoms with Crippen molar-refractivity contribution in [2.75, 3.05) is 25.0 Å². The van der Waals surface area contributed by atoms with E-state index in [1.165, 1.54) is 10.5 Å². The second kappa shape index (κ2) is 6.72. The molecule has 0 bridgehead atoms. The van der Waals surface area contributed by atoms with Gasteiger partial charge in [-0.2, -0.15) is 4.31 Å². The molecule has 1 aliphatic heterocycles. The highest BCUT2D eigenvalue weighted by molar-refractivity contribution is 7.89. The average molecular weight is 313 g/mol. The minimum absolute atomic E-state index is 0.0472. The molecule has 0 spiro atoms. The van der Waals surface area contributed by atoms with Crippen molar-refractivity contribution in [3.63, 3.8) is 0 Å². The second-order valence-electron chi connectivity index (χ2n) is 5.41. The largest absolute Gasteiger partial charge is 0.395 e. The van der Waals surface area contributed by atoms with Crippen molar-refractivity contribution in [2.45, 2.75) is 37.8 Å². The van der Waals surface area contributed by atoms with Crippen LogP contribution in [0, 0.1) is 5.92 Å². The lowest BCUT2D eigenvalue weighted by atomic mass is 10.0. The zero-order chi connectivity index (χ0) is 15.5. The maximum Gasteiger partial charge on any atom is 0.262 e. The molecule has 1 aliphatic rings. The summed E-state index contributed by atoms with van der Waals surface area (Å²) in [4.78, 5) is 4.07. The fraction of sp³-hybridized carbons (Fsp3) is 0.643. The summed E-state index contributed by atoms with van der Waals surface area (Å²) in [7, 11) is -3.69. The number of aliphatic hydroxyl groups is 1. The van der Waals surface area contributed by atoms with E-state index in [9.17, 15) is 13.5 Å². The van der Waals surface area contributed by atoms with Crippen molar-refractivity contribution in [3.8, 4) is 0 Å². The van der Waals surface area contributed by atoms with Gasteiger partial charge >= 0.3 is 0 Å². The lowest BCUT2D eigenvalue weighted by molar-refractivity contribution is 0.191. The number of sulfonamides is 1. The molecular weight excluding hydrogens is 290 g/mol. The fourth-order valence-electron chi connectivity index (χ4n) is 2.64. The summed E-state index contributed by atoms with van der Waals surface area (Å²) in [5.41, 5.74) is 0.524. The van der Waals surface area contributed by atoms with Gasteiger partial charge < -0.3 is 10.4 Å². The minimum Gasteiger partial charge on any atom is -0.395 e. The normalized spacial score (nSPS) is 23.4. The molecule has 2 N–H and O–H groups in total. The first-order valence-electron chi connectivity index (χ1n) is 7.34. The maximum atomic E-state index is 12.8. The Balaban J connectivity index is 2.36. The third-order valence-corrected chi connectivity index (χ3v) is 5.79. The second-order valence-corrected chi connectivity index (χ2v) is 7.22. The molecule has 0 radical (unpaired) electrons. The molecule has 0 aromatic carbocycles. The van der Waals surface area contributed by atoms with E-state index >= 15 is 0 Å². The summed E-state index contributed by atoms with van der Waals surface area (Å²) >= 11 is 0. The summed E-state index contributed by atoms with van der Waals surface area (Å²) < 4.78 is 27.1. The van der Waals surface area contributed by atoms with Gasteiger partial charge in [-0.05, 0) is 30.9 Å². The van der Waals surface area contributed by atoms with Crippen LogP contribution in [0.5, 0.6) is 0 Å². The number of hydrogen-bond donors (Lipinski definition) is 2. The van der Waals surface area contributed by atoms with Crippen molar-refractivity contribution in [3.05, 3.63) is 18.3 Å². The first kappa shape index (κ1) is 16.2. The fourth-order valence-corrected chi connectivity index (χ4v) is 4.46. The van der Waals surface area contributed by atoms with E-state index in [4.69, 9.17) is 0 Å². The van der Waals surface area contributed by atoms with Crippen LogP contribution in [0.1, 0.15) is 26.7 Å². The van der Waals surface area contributed by atoms with Gasteiger partial charge in [-0.25, -0.2) is 13.4 Å². The maximum absolute atomic E-state index is 12.8. The van der Waals surface area contributed by atoms with E-state index in [2.05, 4.69) is 10.3 Å². The van der Waals surface area contributed by atoms with E-state index in [0.29, 0.717) is 18.8 Å². The Labute approximate surface area is 126 Å². The topological polar surface area (TPSA) is 82.5 Å². The molecule has 1 aromatic rings. The van der Waals surface area contributed by atoms with E-state index in [0.717, 1.165) is 12.8 Å². The van der Waals surface area contributed by atoms with Gasteiger partial charge in [0.25, 0.3) is 10.0 Å². The standard InChI is InChI=1S/C14H23N3O3S/c1-3-7-15-12-5-4-8-16-14(12)21(19,20)17-9-6-11(2)13(17)10-18/h4-5,8,11,13,15,18H,3,6-7,9-10H2,1-2H3. The number of aromatic nitrogens is 1. The number of nitrogens with one attached hydrogen (secondary N) is 1. The van der Waals surface area contributed by atoms with Crippen LogP contribution in [-0.4, -0.2) is 48.6 Å². The van der Waals surface area contributed by atoms with Gasteiger partial charge in [-0.15, -0.1) is 0 Å². The van der Waals surface area contributed by atoms with Crippen LogP contribution in [0.25, 0.3) is 0 Å². The number of nitrogens with zero attached hydrogens (tertiary/aromatic N) is 2. The Bertz CT molecular complexity index is 577. The minimum atomic E-state index is -3.69. The van der Waals surface area contributed by atoms with Crippen LogP contribution >= 0.6 is 0 Å². The van der Waals surface area contributed by atoms with Crippen LogP contribution < -0.4 is 5.32 Å². The highest BCUT2D eigenvalue weighted by Crippen LogP contribution is 2.31. The Morgan fingerprint density at radius 1 is 1.52 bits per heavy atom. The van der Waals surface area contributed by atoms with Gasteiger partial charge in [0.05, 0.1) is 18.3 Å². The smallest absolute Gasteiger partial charge is 0.262 e. The highest BCUT2D eigenvalue weighted by Gasteiger charge is 2.40. The quantitative estimate of drug-likeness (QED) is 0.827. The Kier molecular flexibility index (Phi) is 5.18. The first-order chi connectivity index (χ1) is 10.0. The van der Waals surface area contributed by atoms with Crippen LogP contribution in [0.3, 0.4) is 0 Å². The summed E-state index contributed by atoms with van der Waals surface area (Å²) in [6.07, 6.45) is 3.14. The van der Waals surface area contributed by atoms with Crippen molar-refractivity contribution < 1.29 is 13.5 Å². The number of pyridine rings is 1. The van der Waals surface area contributed by atoms with Crippen LogP contribution in [0.15, 0.2) is 23.4 Å². The van der Waals surface area contributed by atoms with Gasteiger partial charge in [-0.3, -0.25) is 0 Å². The molecule has 2 heterocycles. The SMILES string of the molecule is CCCNc1cccnc1S(=O)(=O)N1CCC(C)C1CO. The van der Waals surface area contributed by atoms with E-state index in [1.807, 2.05) is 13.8 Å². The van der Waals surface area contributed by atoms with Crippen LogP contribution in [0.2, 0.25) is 0 Å². The average Bonchev–Trinajstić information content (AvgIpc) is 2.87. The molecule has 118 valence electrons. The number of hydrogen-bond acceptors (Lipinski definition) is 5. The summed E-state index contributed by atoms with van der Waals surface area (Å²) in [6, 6.07) is 3.08. The highest BCUT2D eigenvalue weighted by atomic mass is 32.2. The van der Waals surface area contributed by atoms with E-state index < -0.39 is 10.0 Å². The predicted molar refractivity (Wildman–Crippen MR) is 81.6 cm³/mol. The molecule has 0 saturated carbocycles. The van der Waals surface area contributed by atoms with Crippen molar-refractivity contribution in [1.29, 1.82) is 0 Å². The van der Waals surface area contributed by atoms with Crippen molar-refractivity contribution in [1.82, 2.24) is 9.29 Å². The molecule has 2 rings (SSSR count). The zero-order valence-electron chi connectivity index (χ0n) is 12.5. The van der Waals surface area contributed by atoms with Gasteiger partial charge in [-0.1, -0.05) is 13.8 Å². The molecule has 7 heteroatoms. The zero-order valence-corrected chi connectivity index (χ0v) is 13.3. The molecule has 0 aliphatic carbocycles. The summed E-state index contributed by atoms with van der Waals surface area (Å²) in [5.74, 6) is 0.153. The van der Waals surface area contributed by atoms with E-state index in [1.54, 1.807) is 12.1 Å². The lowest BCUT2D eigenvalue weighted by Crippen LogP contribution is -2.40. The Morgan fingerprint density at radius 3 is 2.95 bits per heavy atom. The molecule has 6 nitrogen and oxygen atoms in total. The summed E-state index contributed by atoms with van der Waals surface area (Å²) in [6.45, 7) is 4.93. The van der Waals surface area contributed by atoms with Crippen LogP contribution in [0.4, 0.5) is 5.69 Å². The first-order valence-corrected chi connectivity index (χ1v) is 8.78. The molecule has 2 atom stereocenters. The van der Waals surface area contributed by atoms with Crippen molar-refractivity contribution >= 4 is 15.7 Å². The summed E-state index contributed by atoms with van der Waals surface area (Å²) in [5, 5.41) is 12.6. The molecule has 2 unspecified atom stereocenters. The molecule has 1 saturated heterocycles. The van der Waals surface area contributed by atoms with Gasteiger partial charge in [0, 0.05) is 19.3 Å². The number of anilines is 1. The Morgan fingerprint density at radius 2 is 2.29 bits per heavy atom. The van der Waals surface area contributed by atoms with Crippen molar-refractivity contribution in [2.24, 2.45) is 5.92 Å². The monoisotopic (exact) mass is 313 g/mol. The number of rotatable bonds is 6. The van der Waals surface area contributed by atoms with Gasteiger partial charge in [0.1, 0.15) is 0 Å². The third kappa shape index (κ3) is 3.20. The van der Waals surface area contributed by atoms with Gasteiger partial charge in [0.15, 0.2) is 5.03 Å². The predicted octanol–water partition coefficient (Wildman–Crippen LogP) is 1.29. The molecular formula is C14H23N3O3S. The number of aliphatic hydroxyl groups excluding tert-OH is 1. The van der Waals surface area contributed by atoms with Gasteiger partial charge in [0.2, 0.25) is 0 Å². The third-order valence-electron chi connectivity index (χ3n) is 3.91. The van der Waals surface area contributed by atoms with Crippen LogP contribution in [-0.2, 0) is 10.0 Å².